The van der Waals surface area contributed by atoms with Gasteiger partial charge in [0.2, 0.25) is 0 Å². The molecule has 0 aliphatic carbocycles. The second kappa shape index (κ2) is 21.4. The monoisotopic (exact) mass is 818 g/mol. The smallest absolute Gasteiger partial charge is 0.857 e. The van der Waals surface area contributed by atoms with E-state index in [0.29, 0.717) is 12.8 Å². The molecule has 2 heterocycles. The number of nitrogens with one attached hydrogen (secondary N) is 1. The van der Waals surface area contributed by atoms with Gasteiger partial charge in [0.25, 0.3) is 31.7 Å². The van der Waals surface area contributed by atoms with Crippen molar-refractivity contribution in [1.82, 2.24) is 14.8 Å². The van der Waals surface area contributed by atoms with Crippen LogP contribution < -0.4 is 119 Å². The molecule has 0 fully saturated rings. The molecule has 16 nitrogen and oxygen atoms in total. The zero-order valence-electron chi connectivity index (χ0n) is 29.7. The SMILES string of the molecule is CCCCN=C([O-])C1=NN(Cc2ccccc2S(=O)(=O)O)C(=O)/C1=C\C=C\c1c(C([O-])=NCCCC)[nH]n(Cc2ccccc2S(=O)(=O)O)c1=O.[K+].[K+]. The minimum Gasteiger partial charge on any atom is -0.857 e. The van der Waals surface area contributed by atoms with Crippen LogP contribution in [0.3, 0.4) is 0 Å². The van der Waals surface area contributed by atoms with Crippen LogP contribution in [-0.4, -0.2) is 77.2 Å². The number of nitrogens with zero attached hydrogens (tertiary/aromatic N) is 5. The molecule has 0 bridgehead atoms. The maximum Gasteiger partial charge on any atom is 1.00 e. The van der Waals surface area contributed by atoms with Gasteiger partial charge in [0.05, 0.1) is 39.7 Å². The van der Waals surface area contributed by atoms with Gasteiger partial charge in [0.15, 0.2) is 0 Å². The summed E-state index contributed by atoms with van der Waals surface area (Å²) in [5, 5.41) is 33.8. The Kier molecular flexibility index (Phi) is 19.1. The summed E-state index contributed by atoms with van der Waals surface area (Å²) in [6, 6.07) is 10.9. The molecule has 272 valence electrons. The molecule has 1 aromatic heterocycles. The Bertz CT molecular complexity index is 2230. The molecule has 2 aromatic carbocycles. The van der Waals surface area contributed by atoms with Crippen molar-refractivity contribution >= 4 is 49.7 Å². The standard InChI is InChI=1S/C33H38N6O10S2.2K/c1-3-5-18-34-30(40)28-24(32(42)38(36-28)20-22-12-7-9-16-26(22)50(44,45)46)14-11-15-25-29(31(41)35-19-6-4-2)37-39(33(25)43)21-23-13-8-10-17-27(23)51(47,48)49;;/h7-17,36H,3-6,18-21H2,1-2H3,(H,34,40)(H,35,41)(H,44,45,46)(H,47,48,49);;/q;2*+1/p-2/b14-11+,25-15-;;. The summed E-state index contributed by atoms with van der Waals surface area (Å²) < 4.78 is 68.1. The average molecular weight is 819 g/mol. The minimum atomic E-state index is -4.66. The van der Waals surface area contributed by atoms with Gasteiger partial charge < -0.3 is 10.2 Å². The fraction of sp³-hybridized carbons (Fsp3) is 0.303. The molecular weight excluding hydrogens is 783 g/mol. The topological polar surface area (TPSA) is 250 Å². The van der Waals surface area contributed by atoms with Gasteiger partial charge in [-0.2, -0.15) is 21.9 Å². The number of allylic oxidation sites excluding steroid dienone is 2. The zero-order valence-corrected chi connectivity index (χ0v) is 37.6. The first-order valence-electron chi connectivity index (χ1n) is 15.8. The maximum absolute atomic E-state index is 13.6. The Morgan fingerprint density at radius 2 is 1.34 bits per heavy atom. The van der Waals surface area contributed by atoms with Gasteiger partial charge >= 0.3 is 103 Å². The van der Waals surface area contributed by atoms with Crippen molar-refractivity contribution in [2.24, 2.45) is 15.1 Å². The van der Waals surface area contributed by atoms with E-state index in [0.717, 1.165) is 34.7 Å². The molecule has 0 spiro atoms. The van der Waals surface area contributed by atoms with Crippen LogP contribution in [0.1, 0.15) is 61.9 Å². The van der Waals surface area contributed by atoms with E-state index < -0.39 is 59.8 Å². The zero-order chi connectivity index (χ0) is 37.3. The third-order valence-corrected chi connectivity index (χ3v) is 9.47. The van der Waals surface area contributed by atoms with Crippen LogP contribution in [-0.2, 0) is 38.1 Å². The van der Waals surface area contributed by atoms with Crippen molar-refractivity contribution in [3.05, 3.63) is 99.0 Å². The van der Waals surface area contributed by atoms with Gasteiger partial charge in [-0.25, -0.2) is 9.69 Å². The van der Waals surface area contributed by atoms with Crippen LogP contribution in [0.2, 0.25) is 0 Å². The molecule has 4 rings (SSSR count). The van der Waals surface area contributed by atoms with Crippen molar-refractivity contribution < 1.29 is 144 Å². The molecule has 1 aliphatic rings. The number of hydrogen-bond acceptors (Lipinski definition) is 11. The van der Waals surface area contributed by atoms with E-state index in [1.54, 1.807) is 0 Å². The summed E-state index contributed by atoms with van der Waals surface area (Å²) in [5.74, 6) is -2.38. The van der Waals surface area contributed by atoms with Gasteiger partial charge in [0.1, 0.15) is 5.71 Å². The first kappa shape index (κ1) is 47.3. The largest absolute Gasteiger partial charge is 1.00 e. The van der Waals surface area contributed by atoms with Crippen LogP contribution in [0.5, 0.6) is 0 Å². The van der Waals surface area contributed by atoms with Crippen molar-refractivity contribution in [2.45, 2.75) is 62.4 Å². The minimum absolute atomic E-state index is 0. The molecule has 0 radical (unpaired) electrons. The first-order chi connectivity index (χ1) is 24.2. The third kappa shape index (κ3) is 12.6. The normalized spacial score (nSPS) is 14.8. The Labute approximate surface area is 392 Å². The second-order valence-corrected chi connectivity index (χ2v) is 14.1. The molecule has 0 atom stereocenters. The molecule has 1 amide bonds. The molecule has 20 heteroatoms. The summed E-state index contributed by atoms with van der Waals surface area (Å²) in [7, 11) is -9.30. The number of amides is 1. The van der Waals surface area contributed by atoms with Gasteiger partial charge in [-0.3, -0.25) is 33.8 Å². The van der Waals surface area contributed by atoms with E-state index in [-0.39, 0.29) is 156 Å². The summed E-state index contributed by atoms with van der Waals surface area (Å²) >= 11 is 0. The Balaban J connectivity index is 0.00000486. The number of H-pyrrole nitrogens is 1. The molecule has 3 N–H and O–H groups in total. The van der Waals surface area contributed by atoms with E-state index in [4.69, 9.17) is 0 Å². The number of hydrazone groups is 1. The van der Waals surface area contributed by atoms with E-state index in [9.17, 15) is 45.7 Å². The molecule has 0 saturated carbocycles. The van der Waals surface area contributed by atoms with Crippen LogP contribution in [0.15, 0.2) is 95.9 Å². The fourth-order valence-corrected chi connectivity index (χ4v) is 6.41. The molecule has 1 aliphatic heterocycles. The number of aliphatic imine (C=N–C) groups is 2. The van der Waals surface area contributed by atoms with E-state index >= 15 is 0 Å². The Morgan fingerprint density at radius 3 is 1.87 bits per heavy atom. The Hall–Kier alpha value is -1.90. The van der Waals surface area contributed by atoms with Crippen molar-refractivity contribution in [1.29, 1.82) is 0 Å². The van der Waals surface area contributed by atoms with Gasteiger partial charge in [-0.1, -0.05) is 69.2 Å². The summed E-state index contributed by atoms with van der Waals surface area (Å²) in [5.41, 5.74) is -1.67. The van der Waals surface area contributed by atoms with Crippen LogP contribution in [0.25, 0.3) is 6.08 Å². The van der Waals surface area contributed by atoms with E-state index in [1.807, 2.05) is 13.8 Å². The summed E-state index contributed by atoms with van der Waals surface area (Å²) in [6.07, 6.45) is 6.32. The number of aromatic nitrogens is 2. The fourth-order valence-electron chi connectivity index (χ4n) is 4.98. The van der Waals surface area contributed by atoms with Gasteiger partial charge in [-0.15, -0.1) is 0 Å². The first-order valence-corrected chi connectivity index (χ1v) is 18.7. The number of benzene rings is 2. The van der Waals surface area contributed by atoms with E-state index in [1.165, 1.54) is 54.6 Å². The average Bonchev–Trinajstić information content (AvgIpc) is 3.55. The van der Waals surface area contributed by atoms with Crippen molar-refractivity contribution in [3.63, 3.8) is 0 Å². The van der Waals surface area contributed by atoms with Crippen molar-refractivity contribution in [3.8, 4) is 0 Å². The number of carbonyl (C=O) groups is 1. The quantitative estimate of drug-likeness (QED) is 0.0312. The maximum atomic E-state index is 13.6. The molecule has 0 saturated heterocycles. The molecule has 0 unspecified atom stereocenters. The predicted octanol–water partition coefficient (Wildman–Crippen LogP) is -4.47. The van der Waals surface area contributed by atoms with Crippen LogP contribution >= 0.6 is 0 Å². The second-order valence-electron chi connectivity index (χ2n) is 11.3. The number of rotatable bonds is 16. The third-order valence-electron chi connectivity index (χ3n) is 7.56. The molecule has 53 heavy (non-hydrogen) atoms. The van der Waals surface area contributed by atoms with Crippen LogP contribution in [0, 0.1) is 0 Å². The Morgan fingerprint density at radius 1 is 0.830 bits per heavy atom. The van der Waals surface area contributed by atoms with Gasteiger partial charge in [-0.05, 0) is 48.3 Å². The summed E-state index contributed by atoms with van der Waals surface area (Å²) in [4.78, 5) is 34.2. The van der Waals surface area contributed by atoms with Gasteiger partial charge in [0, 0.05) is 24.9 Å². The molecule has 3 aromatic rings. The number of unbranched alkanes of at least 4 members (excludes halogenated alkanes) is 2. The number of hydrogen-bond donors (Lipinski definition) is 3. The number of aromatic amines is 1. The summed E-state index contributed by atoms with van der Waals surface area (Å²) in [6.45, 7) is 3.35. The van der Waals surface area contributed by atoms with Crippen molar-refractivity contribution in [2.75, 3.05) is 13.1 Å². The van der Waals surface area contributed by atoms with E-state index in [2.05, 4.69) is 20.2 Å². The number of carbonyl (C=O) groups excluding carboxylic acids is 1. The molecular formula is C33H36K2N6O10S2. The van der Waals surface area contributed by atoms with Crippen LogP contribution in [0.4, 0.5) is 0 Å². The predicted molar refractivity (Wildman–Crippen MR) is 185 cm³/mol.